The van der Waals surface area contributed by atoms with Gasteiger partial charge in [-0.2, -0.15) is 0 Å². The zero-order chi connectivity index (χ0) is 16.5. The summed E-state index contributed by atoms with van der Waals surface area (Å²) in [5.74, 6) is -1.38. The van der Waals surface area contributed by atoms with Crippen molar-refractivity contribution in [2.45, 2.75) is 64.5 Å². The first-order valence-electron chi connectivity index (χ1n) is 6.95. The van der Waals surface area contributed by atoms with Gasteiger partial charge in [0.15, 0.2) is 0 Å². The molecule has 2 N–H and O–H groups in total. The number of hydrogen-bond donors (Lipinski definition) is 2. The lowest BCUT2D eigenvalue weighted by atomic mass is 10.1. The summed E-state index contributed by atoms with van der Waals surface area (Å²) in [7, 11) is 1.25. The smallest absolute Gasteiger partial charge is 0.408 e. The Balaban J connectivity index is 4.24. The molecule has 0 aliphatic carbocycles. The number of nitrogens with one attached hydrogen (secondary N) is 1. The van der Waals surface area contributed by atoms with Crippen molar-refractivity contribution in [1.29, 1.82) is 0 Å². The van der Waals surface area contributed by atoms with Crippen molar-refractivity contribution in [1.82, 2.24) is 5.32 Å². The number of unbranched alkanes of at least 4 members (excludes halogenated alkanes) is 2. The molecule has 0 aromatic rings. The third-order valence-electron chi connectivity index (χ3n) is 2.56. The number of hydrogen-bond acceptors (Lipinski definition) is 5. The maximum absolute atomic E-state index is 11.6. The van der Waals surface area contributed by atoms with Crippen molar-refractivity contribution >= 4 is 18.0 Å². The van der Waals surface area contributed by atoms with E-state index in [1.165, 1.54) is 7.11 Å². The topological polar surface area (TPSA) is 102 Å². The summed E-state index contributed by atoms with van der Waals surface area (Å²) in [6, 6.07) is -0.783. The molecule has 0 saturated carbocycles. The Morgan fingerprint density at radius 3 is 2.24 bits per heavy atom. The Labute approximate surface area is 125 Å². The van der Waals surface area contributed by atoms with E-state index in [2.05, 4.69) is 10.1 Å². The van der Waals surface area contributed by atoms with Gasteiger partial charge in [-0.3, -0.25) is 4.79 Å². The van der Waals surface area contributed by atoms with Gasteiger partial charge in [-0.15, -0.1) is 0 Å². The van der Waals surface area contributed by atoms with E-state index in [1.807, 2.05) is 0 Å². The zero-order valence-electron chi connectivity index (χ0n) is 13.1. The van der Waals surface area contributed by atoms with Gasteiger partial charge in [0.05, 0.1) is 7.11 Å². The van der Waals surface area contributed by atoms with Gasteiger partial charge in [-0.1, -0.05) is 12.8 Å². The molecule has 1 atom stereocenters. The Morgan fingerprint density at radius 2 is 1.76 bits per heavy atom. The molecule has 0 fully saturated rings. The van der Waals surface area contributed by atoms with E-state index < -0.39 is 29.7 Å². The Morgan fingerprint density at radius 1 is 1.14 bits per heavy atom. The second-order valence-electron chi connectivity index (χ2n) is 5.72. The van der Waals surface area contributed by atoms with E-state index in [4.69, 9.17) is 9.84 Å². The highest BCUT2D eigenvalue weighted by Crippen LogP contribution is 2.10. The van der Waals surface area contributed by atoms with Crippen molar-refractivity contribution in [3.8, 4) is 0 Å². The minimum Gasteiger partial charge on any atom is -0.481 e. The first-order chi connectivity index (χ1) is 9.65. The van der Waals surface area contributed by atoms with Crippen LogP contribution in [0.25, 0.3) is 0 Å². The second kappa shape index (κ2) is 9.20. The highest BCUT2D eigenvalue weighted by atomic mass is 16.6. The van der Waals surface area contributed by atoms with Gasteiger partial charge in [0.2, 0.25) is 0 Å². The Bertz CT molecular complexity index is 361. The van der Waals surface area contributed by atoms with Crippen LogP contribution in [-0.2, 0) is 19.1 Å². The summed E-state index contributed by atoms with van der Waals surface area (Å²) < 4.78 is 9.72. The summed E-state index contributed by atoms with van der Waals surface area (Å²) in [6.45, 7) is 5.18. The number of aliphatic carboxylic acids is 1. The Hall–Kier alpha value is -1.79. The average Bonchev–Trinajstić information content (AvgIpc) is 2.33. The van der Waals surface area contributed by atoms with Gasteiger partial charge < -0.3 is 19.9 Å². The van der Waals surface area contributed by atoms with Gasteiger partial charge in [-0.05, 0) is 33.6 Å². The minimum absolute atomic E-state index is 0.0996. The van der Waals surface area contributed by atoms with Crippen LogP contribution in [-0.4, -0.2) is 41.9 Å². The largest absolute Gasteiger partial charge is 0.481 e. The van der Waals surface area contributed by atoms with Crippen LogP contribution in [0.1, 0.15) is 52.9 Å². The molecule has 0 aromatic carbocycles. The standard InChI is InChI=1S/C14H25NO6/c1-14(2,3)21-13(19)15-10(12(18)20-4)8-6-5-7-9-11(16)17/h10H,5-9H2,1-4H3,(H,15,19)(H,16,17). The molecule has 7 heteroatoms. The fourth-order valence-electron chi connectivity index (χ4n) is 1.64. The maximum atomic E-state index is 11.6. The van der Waals surface area contributed by atoms with Crippen LogP contribution >= 0.6 is 0 Å². The van der Waals surface area contributed by atoms with Crippen LogP contribution in [0.4, 0.5) is 4.79 Å². The van der Waals surface area contributed by atoms with E-state index in [9.17, 15) is 14.4 Å². The molecule has 0 aliphatic rings. The van der Waals surface area contributed by atoms with Gasteiger partial charge >= 0.3 is 18.0 Å². The summed E-state index contributed by atoms with van der Waals surface area (Å²) in [4.78, 5) is 33.6. The predicted molar refractivity (Wildman–Crippen MR) is 75.9 cm³/mol. The number of carbonyl (C=O) groups excluding carboxylic acids is 2. The molecule has 0 aromatic heterocycles. The molecule has 0 heterocycles. The molecule has 0 saturated heterocycles. The molecule has 1 unspecified atom stereocenters. The first kappa shape index (κ1) is 19.2. The number of amides is 1. The molecule has 122 valence electrons. The number of ether oxygens (including phenoxy) is 2. The van der Waals surface area contributed by atoms with Crippen molar-refractivity contribution in [2.24, 2.45) is 0 Å². The number of carbonyl (C=O) groups is 3. The van der Waals surface area contributed by atoms with Gasteiger partial charge in [0.25, 0.3) is 0 Å². The molecule has 7 nitrogen and oxygen atoms in total. The van der Waals surface area contributed by atoms with Crippen LogP contribution in [0.15, 0.2) is 0 Å². The van der Waals surface area contributed by atoms with E-state index in [0.29, 0.717) is 25.7 Å². The van der Waals surface area contributed by atoms with Crippen LogP contribution in [0.3, 0.4) is 0 Å². The quantitative estimate of drug-likeness (QED) is 0.526. The second-order valence-corrected chi connectivity index (χ2v) is 5.72. The highest BCUT2D eigenvalue weighted by Gasteiger charge is 2.24. The molecular formula is C14H25NO6. The fraction of sp³-hybridized carbons (Fsp3) is 0.786. The molecule has 21 heavy (non-hydrogen) atoms. The van der Waals surface area contributed by atoms with E-state index in [0.717, 1.165) is 0 Å². The Kier molecular flexibility index (Phi) is 8.42. The fourth-order valence-corrected chi connectivity index (χ4v) is 1.64. The number of carboxylic acid groups (broad SMARTS) is 1. The molecule has 0 bridgehead atoms. The number of methoxy groups -OCH3 is 1. The summed E-state index contributed by atoms with van der Waals surface area (Å²) >= 11 is 0. The van der Waals surface area contributed by atoms with Gasteiger partial charge in [0.1, 0.15) is 11.6 Å². The highest BCUT2D eigenvalue weighted by molar-refractivity contribution is 5.81. The zero-order valence-corrected chi connectivity index (χ0v) is 13.1. The van der Waals surface area contributed by atoms with E-state index in [1.54, 1.807) is 20.8 Å². The number of rotatable bonds is 8. The van der Waals surface area contributed by atoms with Gasteiger partial charge in [0, 0.05) is 6.42 Å². The lowest BCUT2D eigenvalue weighted by molar-refractivity contribution is -0.143. The summed E-state index contributed by atoms with van der Waals surface area (Å²) in [6.07, 6.45) is 1.62. The van der Waals surface area contributed by atoms with E-state index >= 15 is 0 Å². The first-order valence-corrected chi connectivity index (χ1v) is 6.95. The number of alkyl carbamates (subject to hydrolysis) is 1. The molecule has 0 spiro atoms. The number of carboxylic acids is 1. The normalized spacial score (nSPS) is 12.4. The van der Waals surface area contributed by atoms with Crippen molar-refractivity contribution in [3.05, 3.63) is 0 Å². The number of esters is 1. The third-order valence-corrected chi connectivity index (χ3v) is 2.56. The molecular weight excluding hydrogens is 278 g/mol. The SMILES string of the molecule is COC(=O)C(CCCCCC(=O)O)NC(=O)OC(C)(C)C. The summed E-state index contributed by atoms with van der Waals surface area (Å²) in [5, 5.41) is 11.0. The predicted octanol–water partition coefficient (Wildman–Crippen LogP) is 2.09. The third kappa shape index (κ3) is 10.6. The lowest BCUT2D eigenvalue weighted by Crippen LogP contribution is -2.44. The lowest BCUT2D eigenvalue weighted by Gasteiger charge is -2.22. The van der Waals surface area contributed by atoms with Crippen molar-refractivity contribution < 1.29 is 29.0 Å². The van der Waals surface area contributed by atoms with Crippen molar-refractivity contribution in [3.63, 3.8) is 0 Å². The van der Waals surface area contributed by atoms with Crippen LogP contribution in [0.5, 0.6) is 0 Å². The van der Waals surface area contributed by atoms with Crippen LogP contribution in [0.2, 0.25) is 0 Å². The van der Waals surface area contributed by atoms with Crippen LogP contribution < -0.4 is 5.32 Å². The molecule has 1 amide bonds. The molecule has 0 radical (unpaired) electrons. The van der Waals surface area contributed by atoms with Crippen molar-refractivity contribution in [2.75, 3.05) is 7.11 Å². The minimum atomic E-state index is -0.841. The molecule has 0 aliphatic heterocycles. The average molecular weight is 303 g/mol. The van der Waals surface area contributed by atoms with Crippen LogP contribution in [0, 0.1) is 0 Å². The maximum Gasteiger partial charge on any atom is 0.408 e. The monoisotopic (exact) mass is 303 g/mol. The molecule has 0 rings (SSSR count). The van der Waals surface area contributed by atoms with Gasteiger partial charge in [-0.25, -0.2) is 9.59 Å². The van der Waals surface area contributed by atoms with E-state index in [-0.39, 0.29) is 6.42 Å². The summed E-state index contributed by atoms with van der Waals surface area (Å²) in [5.41, 5.74) is -0.647.